The van der Waals surface area contributed by atoms with E-state index in [0.717, 1.165) is 6.07 Å². The van der Waals surface area contributed by atoms with Crippen LogP contribution in [0.3, 0.4) is 0 Å². The first-order chi connectivity index (χ1) is 11.0. The van der Waals surface area contributed by atoms with Crippen LogP contribution >= 0.6 is 0 Å². The molecule has 0 amide bonds. The van der Waals surface area contributed by atoms with Crippen LogP contribution in [-0.4, -0.2) is 39.5 Å². The summed E-state index contributed by atoms with van der Waals surface area (Å²) in [7, 11) is 0. The van der Waals surface area contributed by atoms with Gasteiger partial charge in [0.25, 0.3) is 0 Å². The highest BCUT2D eigenvalue weighted by molar-refractivity contribution is 5.97. The molecule has 138 valence electrons. The fourth-order valence-corrected chi connectivity index (χ4v) is 2.28. The van der Waals surface area contributed by atoms with Gasteiger partial charge in [0.1, 0.15) is 17.1 Å². The molecule has 1 aromatic carbocycles. The van der Waals surface area contributed by atoms with Crippen LogP contribution in [0.25, 0.3) is 6.08 Å². The van der Waals surface area contributed by atoms with Crippen LogP contribution in [-0.2, 0) is 9.53 Å². The topological polar surface area (TPSA) is 147 Å². The monoisotopic (exact) mass is 352 g/mol. The molecular formula is C18H24O7. The zero-order chi connectivity index (χ0) is 16.8. The predicted octanol–water partition coefficient (Wildman–Crippen LogP) is 1.56. The van der Waals surface area contributed by atoms with E-state index in [1.54, 1.807) is 18.2 Å². The molecule has 1 aliphatic heterocycles. The number of esters is 1. The number of ketones is 1. The zero-order valence-corrected chi connectivity index (χ0v) is 14.0. The minimum Gasteiger partial charge on any atom is -0.508 e. The molecule has 1 aliphatic rings. The predicted molar refractivity (Wildman–Crippen MR) is 93.5 cm³/mol. The third-order valence-corrected chi connectivity index (χ3v) is 3.52. The molecule has 0 radical (unpaired) electrons. The van der Waals surface area contributed by atoms with E-state index >= 15 is 0 Å². The Kier molecular flexibility index (Phi) is 9.19. The number of allylic oxidation sites excluding steroid dienone is 2. The lowest BCUT2D eigenvalue weighted by molar-refractivity contribution is -0.114. The summed E-state index contributed by atoms with van der Waals surface area (Å²) < 4.78 is 5.20. The Morgan fingerprint density at radius 3 is 2.56 bits per heavy atom. The van der Waals surface area contributed by atoms with Gasteiger partial charge in [-0.2, -0.15) is 0 Å². The second-order valence-electron chi connectivity index (χ2n) is 5.62. The van der Waals surface area contributed by atoms with Crippen molar-refractivity contribution in [2.24, 2.45) is 5.92 Å². The van der Waals surface area contributed by atoms with Gasteiger partial charge in [0.15, 0.2) is 5.78 Å². The third-order valence-electron chi connectivity index (χ3n) is 3.52. The number of aromatic hydroxyl groups is 2. The number of cyclic esters (lactones) is 1. The molecular weight excluding hydrogens is 328 g/mol. The highest BCUT2D eigenvalue weighted by atomic mass is 16.5. The van der Waals surface area contributed by atoms with Crippen LogP contribution in [0.1, 0.15) is 42.1 Å². The molecule has 1 aromatic rings. The van der Waals surface area contributed by atoms with E-state index in [-0.39, 0.29) is 46.3 Å². The summed E-state index contributed by atoms with van der Waals surface area (Å²) in [6.07, 6.45) is 8.48. The van der Waals surface area contributed by atoms with Crippen LogP contribution < -0.4 is 0 Å². The van der Waals surface area contributed by atoms with E-state index in [4.69, 9.17) is 4.74 Å². The summed E-state index contributed by atoms with van der Waals surface area (Å²) in [6, 6.07) is 2.51. The van der Waals surface area contributed by atoms with E-state index in [1.165, 1.54) is 12.1 Å². The molecule has 1 heterocycles. The molecule has 0 saturated carbocycles. The average molecular weight is 352 g/mol. The highest BCUT2D eigenvalue weighted by Gasteiger charge is 2.19. The lowest BCUT2D eigenvalue weighted by Crippen LogP contribution is -2.12. The zero-order valence-electron chi connectivity index (χ0n) is 14.0. The second-order valence-corrected chi connectivity index (χ2v) is 5.62. The summed E-state index contributed by atoms with van der Waals surface area (Å²) in [6.45, 7) is 1.94. The van der Waals surface area contributed by atoms with Gasteiger partial charge in [-0.1, -0.05) is 25.2 Å². The minimum atomic E-state index is -0.661. The number of carbonyl (C=O) groups is 2. The summed E-state index contributed by atoms with van der Waals surface area (Å²) in [5, 5.41) is 19.6. The van der Waals surface area contributed by atoms with Crippen molar-refractivity contribution in [3.05, 3.63) is 41.5 Å². The number of phenols is 2. The van der Waals surface area contributed by atoms with Gasteiger partial charge in [-0.05, 0) is 30.5 Å². The molecule has 1 atom stereocenters. The maximum atomic E-state index is 12.2. The van der Waals surface area contributed by atoms with Gasteiger partial charge in [0, 0.05) is 18.4 Å². The van der Waals surface area contributed by atoms with E-state index in [0.29, 0.717) is 24.8 Å². The van der Waals surface area contributed by atoms with Crippen molar-refractivity contribution in [1.82, 2.24) is 0 Å². The molecule has 0 unspecified atom stereocenters. The lowest BCUT2D eigenvalue weighted by Gasteiger charge is -2.12. The smallest absolute Gasteiger partial charge is 0.342 e. The van der Waals surface area contributed by atoms with E-state index in [1.807, 2.05) is 6.92 Å². The Morgan fingerprint density at radius 2 is 1.84 bits per heavy atom. The Labute approximate surface area is 145 Å². The molecule has 2 rings (SSSR count). The second kappa shape index (κ2) is 10.3. The van der Waals surface area contributed by atoms with Gasteiger partial charge in [-0.25, -0.2) is 4.79 Å². The van der Waals surface area contributed by atoms with E-state index in [2.05, 4.69) is 0 Å². The number of carbonyl (C=O) groups excluding carboxylic acids is 2. The van der Waals surface area contributed by atoms with E-state index < -0.39 is 5.97 Å². The molecule has 0 spiro atoms. The molecule has 25 heavy (non-hydrogen) atoms. The fraction of sp³-hybridized carbons (Fsp3) is 0.333. The van der Waals surface area contributed by atoms with Gasteiger partial charge in [-0.3, -0.25) is 4.79 Å². The van der Waals surface area contributed by atoms with Crippen molar-refractivity contribution in [3.8, 4) is 11.5 Å². The Morgan fingerprint density at radius 1 is 1.12 bits per heavy atom. The maximum absolute atomic E-state index is 12.2. The number of rotatable bonds is 0. The van der Waals surface area contributed by atoms with Crippen molar-refractivity contribution in [2.45, 2.75) is 26.2 Å². The molecule has 0 bridgehead atoms. The van der Waals surface area contributed by atoms with Gasteiger partial charge in [-0.15, -0.1) is 0 Å². The number of hydrogen-bond donors (Lipinski definition) is 2. The normalized spacial score (nSPS) is 20.8. The molecule has 7 heteroatoms. The van der Waals surface area contributed by atoms with Crippen LogP contribution in [0.2, 0.25) is 0 Å². The Bertz CT molecular complexity index is 662. The van der Waals surface area contributed by atoms with Crippen molar-refractivity contribution < 1.29 is 35.5 Å². The lowest BCUT2D eigenvalue weighted by atomic mass is 10.0. The summed E-state index contributed by atoms with van der Waals surface area (Å²) in [5.74, 6) is -1.18. The van der Waals surface area contributed by atoms with Crippen molar-refractivity contribution in [1.29, 1.82) is 0 Å². The number of benzene rings is 1. The first-order valence-corrected chi connectivity index (χ1v) is 7.58. The number of fused-ring (bicyclic) bond motifs is 1. The van der Waals surface area contributed by atoms with Crippen molar-refractivity contribution >= 4 is 17.8 Å². The van der Waals surface area contributed by atoms with Crippen LogP contribution in [0.5, 0.6) is 11.5 Å². The summed E-state index contributed by atoms with van der Waals surface area (Å²) in [5.41, 5.74) is 0.419. The molecule has 6 N–H and O–H groups in total. The van der Waals surface area contributed by atoms with Crippen molar-refractivity contribution in [2.75, 3.05) is 6.61 Å². The minimum absolute atomic E-state index is 0. The van der Waals surface area contributed by atoms with Crippen LogP contribution in [0, 0.1) is 5.92 Å². The summed E-state index contributed by atoms with van der Waals surface area (Å²) in [4.78, 5) is 23.9. The van der Waals surface area contributed by atoms with Gasteiger partial charge < -0.3 is 25.9 Å². The quantitative estimate of drug-likeness (QED) is 0.680. The Hall–Kier alpha value is -2.64. The number of ether oxygens (including phenoxy) is 1. The molecule has 0 saturated heterocycles. The highest BCUT2D eigenvalue weighted by Crippen LogP contribution is 2.29. The fourth-order valence-electron chi connectivity index (χ4n) is 2.28. The third kappa shape index (κ3) is 6.40. The molecule has 0 aromatic heterocycles. The average Bonchev–Trinajstić information content (AvgIpc) is 2.49. The molecule has 7 nitrogen and oxygen atoms in total. The van der Waals surface area contributed by atoms with Crippen LogP contribution in [0.15, 0.2) is 30.4 Å². The molecule has 0 aliphatic carbocycles. The first-order valence-electron chi connectivity index (χ1n) is 7.58. The van der Waals surface area contributed by atoms with Crippen LogP contribution in [0.4, 0.5) is 0 Å². The standard InChI is InChI=1S/C18H20O5.2H2O/c1-12-7-8-14(19)6-4-2-3-5-13-9-15(20)10-16(21)17(13)18(22)23-11-12;;/h3,5,7-10,12,20-21H,2,4,6,11H2,1H3;2*1H2/b5-3+,8-7-;;/t12-;;/m1../s1. The molecule has 0 fully saturated rings. The first kappa shape index (κ1) is 22.4. The van der Waals surface area contributed by atoms with Gasteiger partial charge in [0.05, 0.1) is 6.61 Å². The largest absolute Gasteiger partial charge is 0.508 e. The SMILES string of the molecule is C[C@@H]1/C=C\C(=O)CCC/C=C/c2cc(O)cc(O)c2C(=O)OC1.O.O. The summed E-state index contributed by atoms with van der Waals surface area (Å²) >= 11 is 0. The van der Waals surface area contributed by atoms with E-state index in [9.17, 15) is 19.8 Å². The number of hydrogen-bond acceptors (Lipinski definition) is 5. The Balaban J connectivity index is 0.00000288. The number of phenolic OH excluding ortho intramolecular Hbond substituents is 2. The van der Waals surface area contributed by atoms with Crippen molar-refractivity contribution in [3.63, 3.8) is 0 Å². The maximum Gasteiger partial charge on any atom is 0.342 e. The van der Waals surface area contributed by atoms with Gasteiger partial charge in [0.2, 0.25) is 0 Å². The van der Waals surface area contributed by atoms with Gasteiger partial charge >= 0.3 is 5.97 Å².